The minimum Gasteiger partial charge on any atom is -0.333 e. The number of piperazine rings is 1. The molecule has 1 aliphatic heterocycles. The first-order valence-electron chi connectivity index (χ1n) is 9.14. The maximum Gasteiger partial charge on any atom is 0.226 e. The Bertz CT molecular complexity index is 801. The van der Waals surface area contributed by atoms with E-state index in [2.05, 4.69) is 17.3 Å². The molecule has 2 unspecified atom stereocenters. The Morgan fingerprint density at radius 2 is 2.12 bits per heavy atom. The number of amides is 1. The molecule has 6 heteroatoms. The van der Waals surface area contributed by atoms with Gasteiger partial charge in [0.1, 0.15) is 0 Å². The monoisotopic (exact) mass is 374 g/mol. The number of halogens is 1. The largest absolute Gasteiger partial charge is 0.333 e. The second-order valence-corrected chi connectivity index (χ2v) is 7.56. The molecule has 1 amide bonds. The summed E-state index contributed by atoms with van der Waals surface area (Å²) in [4.78, 5) is 15.2. The molecule has 1 aliphatic rings. The number of rotatable bonds is 4. The quantitative estimate of drug-likeness (QED) is 0.894. The summed E-state index contributed by atoms with van der Waals surface area (Å²) in [6, 6.07) is 7.78. The molecule has 26 heavy (non-hydrogen) atoms. The fraction of sp³-hybridized carbons (Fsp3) is 0.500. The fourth-order valence-corrected chi connectivity index (χ4v) is 4.04. The Balaban J connectivity index is 1.81. The lowest BCUT2D eigenvalue weighted by Crippen LogP contribution is -2.50. The molecule has 1 N–H and O–H groups in total. The zero-order valence-corrected chi connectivity index (χ0v) is 16.7. The molecule has 1 saturated heterocycles. The average molecular weight is 375 g/mol. The molecule has 5 nitrogen and oxygen atoms in total. The summed E-state index contributed by atoms with van der Waals surface area (Å²) < 4.78 is 1.89. The van der Waals surface area contributed by atoms with E-state index in [1.807, 2.05) is 54.7 Å². The van der Waals surface area contributed by atoms with E-state index in [1.165, 1.54) is 5.56 Å². The molecule has 1 fully saturated rings. The van der Waals surface area contributed by atoms with E-state index in [0.717, 1.165) is 30.0 Å². The van der Waals surface area contributed by atoms with Gasteiger partial charge >= 0.3 is 0 Å². The number of carbonyl (C=O) groups excluding carboxylic acids is 1. The van der Waals surface area contributed by atoms with Gasteiger partial charge in [-0.25, -0.2) is 0 Å². The second-order valence-electron chi connectivity index (χ2n) is 7.15. The number of nitrogens with one attached hydrogen (secondary N) is 1. The van der Waals surface area contributed by atoms with Gasteiger partial charge in [0.25, 0.3) is 0 Å². The van der Waals surface area contributed by atoms with Crippen molar-refractivity contribution in [3.8, 4) is 0 Å². The lowest BCUT2D eigenvalue weighted by Gasteiger charge is -2.38. The zero-order chi connectivity index (χ0) is 18.8. The molecule has 0 saturated carbocycles. The standard InChI is InChI=1S/C20H27ClN4O/c1-13(11-17-14(2)23-24(4)15(17)3)20(26)25-10-9-22-12-19(25)16-7-5-6-8-18(16)21/h5-8,13,19,22H,9-12H2,1-4H3. The van der Waals surface area contributed by atoms with Crippen molar-refractivity contribution >= 4 is 17.5 Å². The van der Waals surface area contributed by atoms with Crippen molar-refractivity contribution in [3.05, 3.63) is 51.8 Å². The van der Waals surface area contributed by atoms with Crippen LogP contribution in [0.1, 0.15) is 35.5 Å². The van der Waals surface area contributed by atoms with Gasteiger partial charge in [-0.05, 0) is 37.5 Å². The van der Waals surface area contributed by atoms with Crippen molar-refractivity contribution < 1.29 is 4.79 Å². The van der Waals surface area contributed by atoms with Gasteiger partial charge in [-0.2, -0.15) is 5.10 Å². The van der Waals surface area contributed by atoms with Gasteiger partial charge in [0.2, 0.25) is 5.91 Å². The summed E-state index contributed by atoms with van der Waals surface area (Å²) in [6.45, 7) is 8.32. The summed E-state index contributed by atoms with van der Waals surface area (Å²) >= 11 is 6.40. The highest BCUT2D eigenvalue weighted by Gasteiger charge is 2.32. The molecular formula is C20H27ClN4O. The van der Waals surface area contributed by atoms with Gasteiger partial charge in [0.15, 0.2) is 0 Å². The molecule has 0 radical (unpaired) electrons. The van der Waals surface area contributed by atoms with Crippen LogP contribution in [0.3, 0.4) is 0 Å². The number of hydrogen-bond acceptors (Lipinski definition) is 3. The number of aromatic nitrogens is 2. The molecule has 2 heterocycles. The number of nitrogens with zero attached hydrogens (tertiary/aromatic N) is 3. The van der Waals surface area contributed by atoms with E-state index in [1.54, 1.807) is 0 Å². The second kappa shape index (κ2) is 7.80. The SMILES string of the molecule is Cc1nn(C)c(C)c1CC(C)C(=O)N1CCNCC1c1ccccc1Cl. The first-order valence-corrected chi connectivity index (χ1v) is 9.52. The van der Waals surface area contributed by atoms with Gasteiger partial charge in [0.05, 0.1) is 11.7 Å². The Morgan fingerprint density at radius 1 is 1.38 bits per heavy atom. The van der Waals surface area contributed by atoms with E-state index in [9.17, 15) is 4.79 Å². The maximum atomic E-state index is 13.3. The summed E-state index contributed by atoms with van der Waals surface area (Å²) in [5, 5.41) is 8.58. The summed E-state index contributed by atoms with van der Waals surface area (Å²) in [7, 11) is 1.95. The third-order valence-electron chi connectivity index (χ3n) is 5.38. The third-order valence-corrected chi connectivity index (χ3v) is 5.73. The normalized spacial score (nSPS) is 18.8. The van der Waals surface area contributed by atoms with Crippen LogP contribution in [0.15, 0.2) is 24.3 Å². The van der Waals surface area contributed by atoms with E-state index in [-0.39, 0.29) is 17.9 Å². The third kappa shape index (κ3) is 3.64. The molecule has 140 valence electrons. The molecule has 0 bridgehead atoms. The lowest BCUT2D eigenvalue weighted by atomic mass is 9.95. The van der Waals surface area contributed by atoms with Crippen molar-refractivity contribution in [1.82, 2.24) is 20.0 Å². The summed E-state index contributed by atoms with van der Waals surface area (Å²) in [6.07, 6.45) is 0.712. The molecule has 1 aromatic carbocycles. The molecular weight excluding hydrogens is 348 g/mol. The number of carbonyl (C=O) groups is 1. The molecule has 2 atom stereocenters. The minimum atomic E-state index is -0.0975. The van der Waals surface area contributed by atoms with Crippen LogP contribution < -0.4 is 5.32 Å². The van der Waals surface area contributed by atoms with E-state index in [0.29, 0.717) is 18.0 Å². The predicted molar refractivity (Wildman–Crippen MR) is 104 cm³/mol. The van der Waals surface area contributed by atoms with Crippen LogP contribution >= 0.6 is 11.6 Å². The molecule has 0 aliphatic carbocycles. The zero-order valence-electron chi connectivity index (χ0n) is 15.9. The topological polar surface area (TPSA) is 50.2 Å². The van der Waals surface area contributed by atoms with Crippen molar-refractivity contribution in [2.75, 3.05) is 19.6 Å². The Morgan fingerprint density at radius 3 is 2.77 bits per heavy atom. The average Bonchev–Trinajstić information content (AvgIpc) is 2.87. The summed E-state index contributed by atoms with van der Waals surface area (Å²) in [5.41, 5.74) is 4.33. The van der Waals surface area contributed by atoms with Crippen molar-refractivity contribution in [2.24, 2.45) is 13.0 Å². The molecule has 2 aromatic rings. The Labute approximate surface area is 160 Å². The van der Waals surface area contributed by atoms with Crippen LogP contribution in [-0.4, -0.2) is 40.2 Å². The first-order chi connectivity index (χ1) is 12.4. The van der Waals surface area contributed by atoms with Crippen LogP contribution in [-0.2, 0) is 18.3 Å². The Kier molecular flexibility index (Phi) is 5.68. The van der Waals surface area contributed by atoms with E-state index in [4.69, 9.17) is 11.6 Å². The van der Waals surface area contributed by atoms with E-state index >= 15 is 0 Å². The predicted octanol–water partition coefficient (Wildman–Crippen LogP) is 3.04. The van der Waals surface area contributed by atoms with E-state index < -0.39 is 0 Å². The fourth-order valence-electron chi connectivity index (χ4n) is 3.78. The maximum absolute atomic E-state index is 13.3. The van der Waals surface area contributed by atoms with Crippen LogP contribution in [0.4, 0.5) is 0 Å². The highest BCUT2D eigenvalue weighted by atomic mass is 35.5. The molecule has 3 rings (SSSR count). The molecule has 1 aromatic heterocycles. The smallest absolute Gasteiger partial charge is 0.226 e. The van der Waals surface area contributed by atoms with Crippen molar-refractivity contribution in [1.29, 1.82) is 0 Å². The van der Waals surface area contributed by atoms with Crippen molar-refractivity contribution in [3.63, 3.8) is 0 Å². The number of hydrogen-bond donors (Lipinski definition) is 1. The van der Waals surface area contributed by atoms with Crippen LogP contribution in [0, 0.1) is 19.8 Å². The molecule has 0 spiro atoms. The Hall–Kier alpha value is -1.85. The van der Waals surface area contributed by atoms with Gasteiger partial charge in [-0.1, -0.05) is 36.7 Å². The lowest BCUT2D eigenvalue weighted by molar-refractivity contribution is -0.138. The highest BCUT2D eigenvalue weighted by molar-refractivity contribution is 6.31. The van der Waals surface area contributed by atoms with Crippen LogP contribution in [0.25, 0.3) is 0 Å². The van der Waals surface area contributed by atoms with Crippen LogP contribution in [0.2, 0.25) is 5.02 Å². The van der Waals surface area contributed by atoms with Gasteiger partial charge in [-0.15, -0.1) is 0 Å². The highest BCUT2D eigenvalue weighted by Crippen LogP contribution is 2.30. The number of aryl methyl sites for hydroxylation is 2. The summed E-state index contributed by atoms with van der Waals surface area (Å²) in [5.74, 6) is 0.0822. The van der Waals surface area contributed by atoms with Gasteiger partial charge < -0.3 is 10.2 Å². The first kappa shape index (κ1) is 18.9. The van der Waals surface area contributed by atoms with Crippen molar-refractivity contribution in [2.45, 2.75) is 33.2 Å². The van der Waals surface area contributed by atoms with Gasteiger partial charge in [-0.3, -0.25) is 9.48 Å². The number of benzene rings is 1. The van der Waals surface area contributed by atoms with Crippen LogP contribution in [0.5, 0.6) is 0 Å². The minimum absolute atomic E-state index is 0.0245. The van der Waals surface area contributed by atoms with Gasteiger partial charge in [0, 0.05) is 43.3 Å².